The van der Waals surface area contributed by atoms with Crippen LogP contribution in [0.2, 0.25) is 0 Å². The van der Waals surface area contributed by atoms with Crippen LogP contribution in [0.4, 0.5) is 0 Å². The van der Waals surface area contributed by atoms with Gasteiger partial charge in [-0.25, -0.2) is 4.79 Å². The zero-order valence-corrected chi connectivity index (χ0v) is 27.2. The molecule has 2 N–H and O–H groups in total. The Labute approximate surface area is 257 Å². The summed E-state index contributed by atoms with van der Waals surface area (Å²) in [4.78, 5) is 24.4. The van der Waals surface area contributed by atoms with Crippen LogP contribution in [0, 0.1) is 41.4 Å². The first-order valence-electron chi connectivity index (χ1n) is 16.4. The van der Waals surface area contributed by atoms with Gasteiger partial charge in [-0.05, 0) is 67.8 Å². The lowest BCUT2D eigenvalue weighted by Gasteiger charge is -2.41. The number of ether oxygens (including phenoxy) is 4. The molecular formula is C35H54O8. The summed E-state index contributed by atoms with van der Waals surface area (Å²) in [5, 5.41) is 21.6. The van der Waals surface area contributed by atoms with E-state index in [2.05, 4.69) is 52.8 Å². The highest BCUT2D eigenvalue weighted by atomic mass is 16.6. The van der Waals surface area contributed by atoms with Crippen molar-refractivity contribution in [3.63, 3.8) is 0 Å². The summed E-state index contributed by atoms with van der Waals surface area (Å²) in [7, 11) is 1.73. The third-order valence-electron chi connectivity index (χ3n) is 10.7. The van der Waals surface area contributed by atoms with E-state index in [-0.39, 0.29) is 84.7 Å². The SMILES string of the molecule is COC(C)C1CC(C)C(C(C)C=CC2CCC(C)C(C(=CC3CCCC(C)C3C(C)C(O)=C3C(=O)COC3=O)CO)O2)O1. The second kappa shape index (κ2) is 14.9. The number of esters is 1. The summed E-state index contributed by atoms with van der Waals surface area (Å²) in [5.74, 6) is -0.447. The summed E-state index contributed by atoms with van der Waals surface area (Å²) in [6.45, 7) is 12.3. The fourth-order valence-electron chi connectivity index (χ4n) is 8.06. The van der Waals surface area contributed by atoms with Gasteiger partial charge in [0.25, 0.3) is 0 Å². The maximum Gasteiger partial charge on any atom is 0.345 e. The number of methoxy groups -OCH3 is 1. The maximum atomic E-state index is 12.3. The molecule has 0 amide bonds. The number of Topliss-reactive ketones (excluding diaryl/α,β-unsaturated/α-hetero) is 1. The highest BCUT2D eigenvalue weighted by Gasteiger charge is 2.41. The van der Waals surface area contributed by atoms with Gasteiger partial charge in [0.1, 0.15) is 11.3 Å². The Balaban J connectivity index is 1.48. The van der Waals surface area contributed by atoms with Gasteiger partial charge in [0, 0.05) is 18.9 Å². The number of allylic oxidation sites excluding steroid dienone is 2. The van der Waals surface area contributed by atoms with Gasteiger partial charge in [-0.3, -0.25) is 4.79 Å². The lowest BCUT2D eigenvalue weighted by atomic mass is 9.66. The molecule has 3 aliphatic heterocycles. The van der Waals surface area contributed by atoms with Crippen LogP contribution in [0.5, 0.6) is 0 Å². The molecule has 0 aromatic carbocycles. The first-order valence-corrected chi connectivity index (χ1v) is 16.4. The number of carbonyl (C=O) groups excluding carboxylic acids is 2. The Hall–Kier alpha value is -2.00. The van der Waals surface area contributed by atoms with E-state index in [4.69, 9.17) is 18.9 Å². The Kier molecular flexibility index (Phi) is 11.7. The largest absolute Gasteiger partial charge is 0.511 e. The minimum Gasteiger partial charge on any atom is -0.511 e. The number of rotatable bonds is 10. The number of carbonyl (C=O) groups is 2. The van der Waals surface area contributed by atoms with E-state index in [0.29, 0.717) is 5.92 Å². The number of hydrogen-bond donors (Lipinski definition) is 2. The molecule has 0 aromatic rings. The molecule has 0 radical (unpaired) electrons. The van der Waals surface area contributed by atoms with Crippen LogP contribution < -0.4 is 0 Å². The third kappa shape index (κ3) is 7.63. The molecular weight excluding hydrogens is 548 g/mol. The molecule has 3 heterocycles. The standard InChI is InChI=1S/C35H54O8/c1-19-9-8-10-25(30(19)23(5)32(38)31-28(37)18-41-35(31)39)16-26(17-36)34-21(3)12-14-27(42-34)13-11-20(2)33-22(4)15-29(43-33)24(6)40-7/h11,13,16,19-25,27,29-30,33-34,36,38H,8-10,12,14-15,17-18H2,1-7H3. The molecule has 1 saturated carbocycles. The van der Waals surface area contributed by atoms with Gasteiger partial charge in [0.2, 0.25) is 5.78 Å². The quantitative estimate of drug-likeness (QED) is 0.107. The normalized spacial score (nSPS) is 39.2. The van der Waals surface area contributed by atoms with Crippen molar-refractivity contribution in [3.8, 4) is 0 Å². The van der Waals surface area contributed by atoms with Gasteiger partial charge >= 0.3 is 5.97 Å². The lowest BCUT2D eigenvalue weighted by molar-refractivity contribution is -0.135. The Morgan fingerprint density at radius 1 is 1.02 bits per heavy atom. The molecule has 0 bridgehead atoms. The van der Waals surface area contributed by atoms with Crippen LogP contribution >= 0.6 is 0 Å². The molecule has 4 fully saturated rings. The van der Waals surface area contributed by atoms with Crippen LogP contribution in [0.25, 0.3) is 0 Å². The van der Waals surface area contributed by atoms with Crippen LogP contribution in [-0.2, 0) is 28.5 Å². The van der Waals surface area contributed by atoms with Crippen LogP contribution in [0.1, 0.15) is 80.1 Å². The van der Waals surface area contributed by atoms with Crippen LogP contribution in [0.3, 0.4) is 0 Å². The van der Waals surface area contributed by atoms with E-state index < -0.39 is 17.7 Å². The topological polar surface area (TPSA) is 112 Å². The minimum atomic E-state index is -0.739. The predicted molar refractivity (Wildman–Crippen MR) is 164 cm³/mol. The first kappa shape index (κ1) is 33.9. The molecule has 3 saturated heterocycles. The number of ketones is 1. The highest BCUT2D eigenvalue weighted by Crippen LogP contribution is 2.44. The summed E-state index contributed by atoms with van der Waals surface area (Å²) in [6, 6.07) is 0. The van der Waals surface area contributed by atoms with Crippen molar-refractivity contribution in [1.82, 2.24) is 0 Å². The van der Waals surface area contributed by atoms with Crippen molar-refractivity contribution in [2.75, 3.05) is 20.3 Å². The van der Waals surface area contributed by atoms with Gasteiger partial charge in [0.05, 0.1) is 37.1 Å². The average molecular weight is 603 g/mol. The van der Waals surface area contributed by atoms with Gasteiger partial charge < -0.3 is 29.2 Å². The average Bonchev–Trinajstić information content (AvgIpc) is 3.55. The molecule has 1 aliphatic carbocycles. The molecule has 12 unspecified atom stereocenters. The smallest absolute Gasteiger partial charge is 0.345 e. The van der Waals surface area contributed by atoms with Crippen molar-refractivity contribution < 1.29 is 38.7 Å². The summed E-state index contributed by atoms with van der Waals surface area (Å²) in [5.41, 5.74) is 0.673. The Morgan fingerprint density at radius 2 is 1.77 bits per heavy atom. The monoisotopic (exact) mass is 602 g/mol. The molecule has 4 rings (SSSR count). The zero-order valence-electron chi connectivity index (χ0n) is 27.2. The van der Waals surface area contributed by atoms with E-state index in [0.717, 1.165) is 44.1 Å². The molecule has 8 nitrogen and oxygen atoms in total. The van der Waals surface area contributed by atoms with Gasteiger partial charge in [0.15, 0.2) is 6.61 Å². The fourth-order valence-corrected chi connectivity index (χ4v) is 8.06. The van der Waals surface area contributed by atoms with E-state index >= 15 is 0 Å². The minimum absolute atomic E-state index is 0.0116. The third-order valence-corrected chi connectivity index (χ3v) is 10.7. The summed E-state index contributed by atoms with van der Waals surface area (Å²) in [6.07, 6.45) is 12.5. The van der Waals surface area contributed by atoms with Gasteiger partial charge in [-0.15, -0.1) is 0 Å². The zero-order chi connectivity index (χ0) is 31.4. The van der Waals surface area contributed by atoms with Gasteiger partial charge in [-0.1, -0.05) is 65.7 Å². The molecule has 43 heavy (non-hydrogen) atoms. The number of cyclic esters (lactones) is 1. The summed E-state index contributed by atoms with van der Waals surface area (Å²) >= 11 is 0. The predicted octanol–water partition coefficient (Wildman–Crippen LogP) is 5.74. The molecule has 12 atom stereocenters. The molecule has 242 valence electrons. The van der Waals surface area contributed by atoms with E-state index in [1.807, 2.05) is 6.92 Å². The Bertz CT molecular complexity index is 1060. The molecule has 4 aliphatic rings. The lowest BCUT2D eigenvalue weighted by Crippen LogP contribution is -2.37. The molecule has 8 heteroatoms. The Morgan fingerprint density at radius 3 is 2.42 bits per heavy atom. The maximum absolute atomic E-state index is 12.3. The van der Waals surface area contributed by atoms with E-state index in [9.17, 15) is 19.8 Å². The first-order chi connectivity index (χ1) is 20.5. The van der Waals surface area contributed by atoms with Crippen molar-refractivity contribution in [2.45, 2.75) is 111 Å². The van der Waals surface area contributed by atoms with Crippen molar-refractivity contribution in [2.24, 2.45) is 41.4 Å². The van der Waals surface area contributed by atoms with E-state index in [1.54, 1.807) is 7.11 Å². The number of hydrogen-bond acceptors (Lipinski definition) is 8. The summed E-state index contributed by atoms with van der Waals surface area (Å²) < 4.78 is 23.4. The van der Waals surface area contributed by atoms with Crippen molar-refractivity contribution >= 4 is 11.8 Å². The molecule has 0 spiro atoms. The van der Waals surface area contributed by atoms with E-state index in [1.165, 1.54) is 0 Å². The fraction of sp³-hybridized carbons (Fsp3) is 0.771. The van der Waals surface area contributed by atoms with Crippen molar-refractivity contribution in [1.29, 1.82) is 0 Å². The van der Waals surface area contributed by atoms with Gasteiger partial charge in [-0.2, -0.15) is 0 Å². The second-order valence-corrected chi connectivity index (χ2v) is 13.8. The number of aliphatic hydroxyl groups excluding tert-OH is 2. The highest BCUT2D eigenvalue weighted by molar-refractivity contribution is 6.22. The van der Waals surface area contributed by atoms with Crippen LogP contribution in [-0.4, -0.2) is 72.8 Å². The number of aliphatic hydroxyl groups is 2. The van der Waals surface area contributed by atoms with Crippen LogP contribution in [0.15, 0.2) is 35.1 Å². The molecule has 0 aromatic heterocycles. The van der Waals surface area contributed by atoms with Crippen molar-refractivity contribution in [3.05, 3.63) is 35.1 Å². The second-order valence-electron chi connectivity index (χ2n) is 13.8.